The molecule has 8 nitrogen and oxygen atoms in total. The number of rotatable bonds is 6. The predicted octanol–water partition coefficient (Wildman–Crippen LogP) is 4.79. The highest BCUT2D eigenvalue weighted by molar-refractivity contribution is 5.85. The second kappa shape index (κ2) is 9.89. The molecule has 3 rings (SSSR count). The Balaban J connectivity index is 1.71. The van der Waals surface area contributed by atoms with E-state index in [1.165, 1.54) is 17.0 Å². The van der Waals surface area contributed by atoms with Crippen molar-refractivity contribution in [1.82, 2.24) is 4.90 Å². The van der Waals surface area contributed by atoms with Gasteiger partial charge < -0.3 is 14.2 Å². The number of halogens is 1. The molecule has 2 amide bonds. The van der Waals surface area contributed by atoms with Crippen molar-refractivity contribution < 1.29 is 33.0 Å². The molecule has 0 unspecified atom stereocenters. The number of hydrogen-bond acceptors (Lipinski definition) is 6. The summed E-state index contributed by atoms with van der Waals surface area (Å²) in [5.41, 5.74) is 0.837. The van der Waals surface area contributed by atoms with Gasteiger partial charge in [0, 0.05) is 11.1 Å². The van der Waals surface area contributed by atoms with Gasteiger partial charge in [0.25, 0.3) is 0 Å². The number of nitrogens with zero attached hydrogens (tertiary/aromatic N) is 1. The minimum Gasteiger partial charge on any atom is -0.466 e. The number of carbonyl (C=O) groups excluding carboxylic acids is 3. The Morgan fingerprint density at radius 1 is 1.21 bits per heavy atom. The van der Waals surface area contributed by atoms with Crippen LogP contribution in [-0.4, -0.2) is 35.3 Å². The first-order chi connectivity index (χ1) is 15.6. The van der Waals surface area contributed by atoms with Crippen LogP contribution in [0, 0.1) is 5.82 Å². The minimum atomic E-state index is -0.775. The number of amides is 2. The monoisotopic (exact) mass is 458 g/mol. The van der Waals surface area contributed by atoms with Gasteiger partial charge in [0.15, 0.2) is 5.82 Å². The highest BCUT2D eigenvalue weighted by atomic mass is 19.1. The van der Waals surface area contributed by atoms with Gasteiger partial charge in [0.1, 0.15) is 11.4 Å². The fraction of sp³-hybridized carbons (Fsp3) is 0.375. The maximum Gasteiger partial charge on any atom is 0.415 e. The molecule has 1 aliphatic heterocycles. The molecule has 0 saturated carbocycles. The number of carbonyl (C=O) groups is 3. The smallest absolute Gasteiger partial charge is 0.415 e. The van der Waals surface area contributed by atoms with Gasteiger partial charge in [0.05, 0.1) is 31.8 Å². The molecule has 0 saturated heterocycles. The summed E-state index contributed by atoms with van der Waals surface area (Å²) >= 11 is 0. The van der Waals surface area contributed by atoms with Gasteiger partial charge in [-0.15, -0.1) is 0 Å². The normalized spacial score (nSPS) is 13.1. The van der Waals surface area contributed by atoms with Crippen LogP contribution in [0.1, 0.15) is 44.4 Å². The van der Waals surface area contributed by atoms with Gasteiger partial charge >= 0.3 is 18.2 Å². The van der Waals surface area contributed by atoms with Crippen LogP contribution in [-0.2, 0) is 33.8 Å². The molecule has 1 heterocycles. The van der Waals surface area contributed by atoms with E-state index in [2.05, 4.69) is 5.32 Å². The molecule has 0 bridgehead atoms. The van der Waals surface area contributed by atoms with Crippen LogP contribution in [0.5, 0.6) is 5.75 Å². The van der Waals surface area contributed by atoms with E-state index in [1.54, 1.807) is 52.0 Å². The summed E-state index contributed by atoms with van der Waals surface area (Å²) < 4.78 is 30.5. The SMILES string of the molecule is CCOC(=O)Cc1ccc2c(c1)OC(=O)N(Cc1cccc(NC(=O)OC(C)(C)C)c1F)C2. The van der Waals surface area contributed by atoms with Crippen LogP contribution in [0.3, 0.4) is 0 Å². The molecule has 0 fully saturated rings. The lowest BCUT2D eigenvalue weighted by Crippen LogP contribution is -2.36. The van der Waals surface area contributed by atoms with Crippen molar-refractivity contribution in [3.05, 3.63) is 58.9 Å². The van der Waals surface area contributed by atoms with E-state index < -0.39 is 23.6 Å². The van der Waals surface area contributed by atoms with Gasteiger partial charge in [-0.25, -0.2) is 14.0 Å². The first kappa shape index (κ1) is 24.0. The second-order valence-corrected chi connectivity index (χ2v) is 8.55. The first-order valence-electron chi connectivity index (χ1n) is 10.6. The minimum absolute atomic E-state index is 0.0452. The Bertz CT molecular complexity index is 1060. The molecule has 0 atom stereocenters. The zero-order chi connectivity index (χ0) is 24.2. The van der Waals surface area contributed by atoms with Crippen LogP contribution in [0.4, 0.5) is 19.7 Å². The third kappa shape index (κ3) is 6.44. The first-order valence-corrected chi connectivity index (χ1v) is 10.6. The zero-order valence-corrected chi connectivity index (χ0v) is 19.1. The van der Waals surface area contributed by atoms with Crippen LogP contribution < -0.4 is 10.1 Å². The van der Waals surface area contributed by atoms with Crippen molar-refractivity contribution in [1.29, 1.82) is 0 Å². The van der Waals surface area contributed by atoms with Crippen molar-refractivity contribution >= 4 is 23.8 Å². The fourth-order valence-electron chi connectivity index (χ4n) is 3.28. The summed E-state index contributed by atoms with van der Waals surface area (Å²) in [6.45, 7) is 7.29. The van der Waals surface area contributed by atoms with E-state index in [-0.39, 0.29) is 36.7 Å². The maximum atomic E-state index is 15.0. The van der Waals surface area contributed by atoms with E-state index in [4.69, 9.17) is 14.2 Å². The van der Waals surface area contributed by atoms with E-state index in [9.17, 15) is 18.8 Å². The Morgan fingerprint density at radius 2 is 1.97 bits per heavy atom. The van der Waals surface area contributed by atoms with Crippen LogP contribution in [0.15, 0.2) is 36.4 Å². The van der Waals surface area contributed by atoms with Crippen molar-refractivity contribution in [3.8, 4) is 5.75 Å². The van der Waals surface area contributed by atoms with E-state index >= 15 is 0 Å². The second-order valence-electron chi connectivity index (χ2n) is 8.55. The van der Waals surface area contributed by atoms with Gasteiger partial charge in [-0.3, -0.25) is 15.0 Å². The van der Waals surface area contributed by atoms with E-state index in [0.29, 0.717) is 17.9 Å². The zero-order valence-electron chi connectivity index (χ0n) is 19.1. The summed E-state index contributed by atoms with van der Waals surface area (Å²) in [5, 5.41) is 2.39. The van der Waals surface area contributed by atoms with Crippen LogP contribution in [0.25, 0.3) is 0 Å². The molecule has 2 aromatic carbocycles. The summed E-state index contributed by atoms with van der Waals surface area (Å²) in [6.07, 6.45) is -1.34. The molecule has 0 aromatic heterocycles. The largest absolute Gasteiger partial charge is 0.466 e. The molecular weight excluding hydrogens is 431 g/mol. The van der Waals surface area contributed by atoms with Gasteiger partial charge in [-0.05, 0) is 45.4 Å². The molecule has 1 N–H and O–H groups in total. The van der Waals surface area contributed by atoms with E-state index in [1.807, 2.05) is 0 Å². The molecule has 1 aliphatic rings. The standard InChI is InChI=1S/C24H27FN2O6/c1-5-31-20(28)12-15-9-10-16-13-27(23(30)32-19(16)11-15)14-17-7-6-8-18(21(17)25)26-22(29)33-24(2,3)4/h6-11H,5,12-14H2,1-4H3,(H,26,29). The maximum absolute atomic E-state index is 15.0. The van der Waals surface area contributed by atoms with Gasteiger partial charge in [0.2, 0.25) is 0 Å². The molecule has 0 spiro atoms. The quantitative estimate of drug-likeness (QED) is 0.626. The van der Waals surface area contributed by atoms with Crippen molar-refractivity contribution in [2.24, 2.45) is 0 Å². The molecule has 2 aromatic rings. The lowest BCUT2D eigenvalue weighted by atomic mass is 10.1. The highest BCUT2D eigenvalue weighted by Crippen LogP contribution is 2.29. The third-order valence-corrected chi connectivity index (χ3v) is 4.68. The average Bonchev–Trinajstić information content (AvgIpc) is 2.70. The third-order valence-electron chi connectivity index (χ3n) is 4.68. The van der Waals surface area contributed by atoms with Crippen LogP contribution >= 0.6 is 0 Å². The summed E-state index contributed by atoms with van der Waals surface area (Å²) in [4.78, 5) is 37.6. The predicted molar refractivity (Wildman–Crippen MR) is 118 cm³/mol. The number of fused-ring (bicyclic) bond motifs is 1. The Morgan fingerprint density at radius 3 is 2.67 bits per heavy atom. The topological polar surface area (TPSA) is 94.2 Å². The van der Waals surface area contributed by atoms with Gasteiger partial charge in [-0.2, -0.15) is 0 Å². The molecular formula is C24H27FN2O6. The van der Waals surface area contributed by atoms with Crippen molar-refractivity contribution in [2.75, 3.05) is 11.9 Å². The van der Waals surface area contributed by atoms with Gasteiger partial charge in [-0.1, -0.05) is 24.3 Å². The number of hydrogen-bond donors (Lipinski definition) is 1. The van der Waals surface area contributed by atoms with E-state index in [0.717, 1.165) is 5.56 Å². The number of nitrogens with one attached hydrogen (secondary N) is 1. The van der Waals surface area contributed by atoms with Crippen molar-refractivity contribution in [2.45, 2.75) is 52.8 Å². The average molecular weight is 458 g/mol. The Kier molecular flexibility index (Phi) is 7.20. The lowest BCUT2D eigenvalue weighted by Gasteiger charge is -2.28. The number of anilines is 1. The summed E-state index contributed by atoms with van der Waals surface area (Å²) in [5.74, 6) is -0.665. The van der Waals surface area contributed by atoms with Crippen molar-refractivity contribution in [3.63, 3.8) is 0 Å². The summed E-state index contributed by atoms with van der Waals surface area (Å²) in [7, 11) is 0. The van der Waals surface area contributed by atoms with Crippen LogP contribution in [0.2, 0.25) is 0 Å². The Hall–Kier alpha value is -3.62. The summed E-state index contributed by atoms with van der Waals surface area (Å²) in [6, 6.07) is 9.68. The lowest BCUT2D eigenvalue weighted by molar-refractivity contribution is -0.142. The molecule has 0 aliphatic carbocycles. The molecule has 9 heteroatoms. The Labute approximate surface area is 191 Å². The number of benzene rings is 2. The molecule has 33 heavy (non-hydrogen) atoms. The molecule has 176 valence electrons. The number of ether oxygens (including phenoxy) is 3. The highest BCUT2D eigenvalue weighted by Gasteiger charge is 2.27. The molecule has 0 radical (unpaired) electrons. The fourth-order valence-corrected chi connectivity index (χ4v) is 3.28. The number of esters is 1.